The van der Waals surface area contributed by atoms with E-state index >= 15 is 0 Å². The smallest absolute Gasteiger partial charge is 0.254 e. The van der Waals surface area contributed by atoms with E-state index in [4.69, 9.17) is 4.74 Å². The standard InChI is InChI=1S/C26H26N4O3/c31-25(21-11-12-22-23(17-21)28-24(27-22)20-9-5-2-6-10-20)29-13-15-30(16-14-29)26(32)33-18-19-7-3-1-4-8-19/h1-12,17,26,32H,13-16,18H2,(H,27,28). The lowest BCUT2D eigenvalue weighted by atomic mass is 10.1. The van der Waals surface area contributed by atoms with Crippen LogP contribution in [0.15, 0.2) is 78.9 Å². The van der Waals surface area contributed by atoms with Crippen molar-refractivity contribution in [3.63, 3.8) is 0 Å². The maximum absolute atomic E-state index is 13.1. The number of ether oxygens (including phenoxy) is 1. The van der Waals surface area contributed by atoms with Gasteiger partial charge in [-0.15, -0.1) is 0 Å². The fraction of sp³-hybridized carbons (Fsp3) is 0.231. The zero-order chi connectivity index (χ0) is 22.6. The third kappa shape index (κ3) is 4.80. The molecule has 0 aliphatic carbocycles. The quantitative estimate of drug-likeness (QED) is 0.447. The van der Waals surface area contributed by atoms with Gasteiger partial charge in [0, 0.05) is 37.3 Å². The Balaban J connectivity index is 1.20. The van der Waals surface area contributed by atoms with Gasteiger partial charge in [0.05, 0.1) is 17.6 Å². The number of amides is 1. The molecule has 2 N–H and O–H groups in total. The molecular weight excluding hydrogens is 416 g/mol. The lowest BCUT2D eigenvalue weighted by molar-refractivity contribution is -0.205. The largest absolute Gasteiger partial charge is 0.356 e. The Kier molecular flexibility index (Phi) is 6.17. The molecule has 1 saturated heterocycles. The van der Waals surface area contributed by atoms with Gasteiger partial charge in [0.1, 0.15) is 5.82 Å². The summed E-state index contributed by atoms with van der Waals surface area (Å²) in [6.45, 7) is 2.50. The topological polar surface area (TPSA) is 81.7 Å². The summed E-state index contributed by atoms with van der Waals surface area (Å²) in [6, 6.07) is 25.2. The van der Waals surface area contributed by atoms with Gasteiger partial charge in [-0.2, -0.15) is 0 Å². The zero-order valence-electron chi connectivity index (χ0n) is 18.2. The van der Waals surface area contributed by atoms with E-state index in [1.54, 1.807) is 0 Å². The summed E-state index contributed by atoms with van der Waals surface area (Å²) in [5.41, 5.74) is 4.30. The van der Waals surface area contributed by atoms with Crippen molar-refractivity contribution in [2.75, 3.05) is 26.2 Å². The average Bonchev–Trinajstić information content (AvgIpc) is 3.32. The molecule has 1 aliphatic rings. The molecule has 0 radical (unpaired) electrons. The van der Waals surface area contributed by atoms with Crippen LogP contribution in [-0.4, -0.2) is 63.4 Å². The molecule has 2 heterocycles. The number of nitrogens with zero attached hydrogens (tertiary/aromatic N) is 3. The molecule has 1 unspecified atom stereocenters. The summed E-state index contributed by atoms with van der Waals surface area (Å²) in [6.07, 6.45) is -0.986. The van der Waals surface area contributed by atoms with E-state index in [0.717, 1.165) is 28.0 Å². The van der Waals surface area contributed by atoms with Crippen LogP contribution in [-0.2, 0) is 11.3 Å². The third-order valence-corrected chi connectivity index (χ3v) is 5.93. The number of aliphatic hydroxyl groups excluding tert-OH is 1. The number of carbonyl (C=O) groups excluding carboxylic acids is 1. The molecular formula is C26H26N4O3. The molecule has 0 saturated carbocycles. The number of hydrogen-bond donors (Lipinski definition) is 2. The first kappa shape index (κ1) is 21.3. The molecule has 0 bridgehead atoms. The number of imidazole rings is 1. The van der Waals surface area contributed by atoms with Crippen molar-refractivity contribution in [2.45, 2.75) is 13.0 Å². The number of rotatable bonds is 6. The van der Waals surface area contributed by atoms with Crippen molar-refractivity contribution in [3.05, 3.63) is 90.0 Å². The molecule has 1 aliphatic heterocycles. The van der Waals surface area contributed by atoms with Crippen molar-refractivity contribution in [1.29, 1.82) is 0 Å². The highest BCUT2D eigenvalue weighted by atomic mass is 16.6. The van der Waals surface area contributed by atoms with Crippen LogP contribution in [0.3, 0.4) is 0 Å². The predicted molar refractivity (Wildman–Crippen MR) is 126 cm³/mol. The first-order chi connectivity index (χ1) is 16.2. The van der Waals surface area contributed by atoms with Crippen LogP contribution in [0.5, 0.6) is 0 Å². The van der Waals surface area contributed by atoms with Crippen LogP contribution >= 0.6 is 0 Å². The summed E-state index contributed by atoms with van der Waals surface area (Å²) >= 11 is 0. The molecule has 33 heavy (non-hydrogen) atoms. The van der Waals surface area contributed by atoms with E-state index < -0.39 is 6.41 Å². The van der Waals surface area contributed by atoms with Gasteiger partial charge in [-0.25, -0.2) is 4.98 Å². The summed E-state index contributed by atoms with van der Waals surface area (Å²) in [5.74, 6) is 0.764. The second kappa shape index (κ2) is 9.54. The highest BCUT2D eigenvalue weighted by molar-refractivity contribution is 5.97. The summed E-state index contributed by atoms with van der Waals surface area (Å²) < 4.78 is 5.60. The molecule has 1 atom stereocenters. The van der Waals surface area contributed by atoms with Crippen molar-refractivity contribution >= 4 is 16.9 Å². The number of hydrogen-bond acceptors (Lipinski definition) is 5. The summed E-state index contributed by atoms with van der Waals surface area (Å²) in [7, 11) is 0. The summed E-state index contributed by atoms with van der Waals surface area (Å²) in [5, 5.41) is 10.4. The number of aromatic nitrogens is 2. The second-order valence-corrected chi connectivity index (χ2v) is 8.13. The lowest BCUT2D eigenvalue weighted by Gasteiger charge is -2.36. The Morgan fingerprint density at radius 1 is 0.970 bits per heavy atom. The molecule has 1 fully saturated rings. The molecule has 7 nitrogen and oxygen atoms in total. The number of piperazine rings is 1. The Bertz CT molecular complexity index is 1220. The van der Waals surface area contributed by atoms with E-state index in [-0.39, 0.29) is 5.91 Å². The molecule has 168 valence electrons. The lowest BCUT2D eigenvalue weighted by Crippen LogP contribution is -2.52. The maximum Gasteiger partial charge on any atom is 0.254 e. The Morgan fingerprint density at radius 2 is 1.67 bits per heavy atom. The van der Waals surface area contributed by atoms with Gasteiger partial charge < -0.3 is 19.7 Å². The molecule has 1 aromatic heterocycles. The van der Waals surface area contributed by atoms with Gasteiger partial charge in [0.15, 0.2) is 0 Å². The number of benzene rings is 3. The number of nitrogens with one attached hydrogen (secondary N) is 1. The van der Waals surface area contributed by atoms with Crippen LogP contribution in [0.1, 0.15) is 15.9 Å². The molecule has 4 aromatic rings. The molecule has 1 amide bonds. The normalized spacial score (nSPS) is 15.6. The minimum atomic E-state index is -0.986. The van der Waals surface area contributed by atoms with Crippen molar-refractivity contribution in [1.82, 2.24) is 19.8 Å². The fourth-order valence-electron chi connectivity index (χ4n) is 4.05. The highest BCUT2D eigenvalue weighted by Crippen LogP contribution is 2.22. The van der Waals surface area contributed by atoms with Crippen LogP contribution < -0.4 is 0 Å². The average molecular weight is 443 g/mol. The molecule has 3 aromatic carbocycles. The minimum absolute atomic E-state index is 0.0212. The van der Waals surface area contributed by atoms with E-state index in [2.05, 4.69) is 9.97 Å². The third-order valence-electron chi connectivity index (χ3n) is 5.93. The first-order valence-electron chi connectivity index (χ1n) is 11.1. The van der Waals surface area contributed by atoms with Gasteiger partial charge >= 0.3 is 0 Å². The second-order valence-electron chi connectivity index (χ2n) is 8.13. The highest BCUT2D eigenvalue weighted by Gasteiger charge is 2.26. The Morgan fingerprint density at radius 3 is 2.39 bits per heavy atom. The van der Waals surface area contributed by atoms with Crippen molar-refractivity contribution in [2.24, 2.45) is 0 Å². The number of fused-ring (bicyclic) bond motifs is 1. The number of carbonyl (C=O) groups is 1. The van der Waals surface area contributed by atoms with Crippen LogP contribution in [0, 0.1) is 0 Å². The van der Waals surface area contributed by atoms with Gasteiger partial charge in [-0.1, -0.05) is 60.7 Å². The zero-order valence-corrected chi connectivity index (χ0v) is 18.2. The van der Waals surface area contributed by atoms with Gasteiger partial charge in [-0.3, -0.25) is 9.69 Å². The Labute approximate surface area is 192 Å². The number of aliphatic hydroxyl groups is 1. The van der Waals surface area contributed by atoms with Crippen LogP contribution in [0.25, 0.3) is 22.4 Å². The van der Waals surface area contributed by atoms with Gasteiger partial charge in [-0.05, 0) is 23.8 Å². The van der Waals surface area contributed by atoms with Crippen LogP contribution in [0.4, 0.5) is 0 Å². The van der Waals surface area contributed by atoms with E-state index in [9.17, 15) is 9.90 Å². The number of H-pyrrole nitrogens is 1. The van der Waals surface area contributed by atoms with Crippen molar-refractivity contribution < 1.29 is 14.6 Å². The first-order valence-corrected chi connectivity index (χ1v) is 11.1. The maximum atomic E-state index is 13.1. The van der Waals surface area contributed by atoms with Gasteiger partial charge in [0.25, 0.3) is 5.91 Å². The van der Waals surface area contributed by atoms with Gasteiger partial charge in [0.2, 0.25) is 6.41 Å². The summed E-state index contributed by atoms with van der Waals surface area (Å²) in [4.78, 5) is 24.7. The molecule has 5 rings (SSSR count). The molecule has 7 heteroatoms. The monoisotopic (exact) mass is 442 g/mol. The SMILES string of the molecule is O=C(c1ccc2nc(-c3ccccc3)[nH]c2c1)N1CCN(C(O)OCc2ccccc2)CC1. The fourth-order valence-corrected chi connectivity index (χ4v) is 4.05. The molecule has 0 spiro atoms. The van der Waals surface area contributed by atoms with E-state index in [1.807, 2.05) is 88.7 Å². The minimum Gasteiger partial charge on any atom is -0.356 e. The van der Waals surface area contributed by atoms with Crippen LogP contribution in [0.2, 0.25) is 0 Å². The number of aromatic amines is 1. The van der Waals surface area contributed by atoms with E-state index in [1.165, 1.54) is 0 Å². The Hall–Kier alpha value is -3.52. The predicted octanol–water partition coefficient (Wildman–Crippen LogP) is 3.48. The van der Waals surface area contributed by atoms with Crippen molar-refractivity contribution in [3.8, 4) is 11.4 Å². The van der Waals surface area contributed by atoms with E-state index in [0.29, 0.717) is 38.3 Å².